The van der Waals surface area contributed by atoms with Gasteiger partial charge in [-0.2, -0.15) is 4.99 Å². The number of amides is 4. The molecule has 0 spiro atoms. The fourth-order valence-electron chi connectivity index (χ4n) is 4.08. The standard InChI is InChI=1S/C23H25ClN4O3/c24-17-6-5-7-18(16-17)26-12-14-27(15-13-26)21(29)10-3-4-11-28-22(30)19-8-1-2-9-20(19)25-23(28)31/h1-2,5-9,16,19H,3-4,10-15H2. The molecule has 7 nitrogen and oxygen atoms in total. The summed E-state index contributed by atoms with van der Waals surface area (Å²) < 4.78 is 0. The number of halogens is 1. The van der Waals surface area contributed by atoms with E-state index in [-0.39, 0.29) is 11.8 Å². The SMILES string of the molecule is O=C(CCCCN1C(=O)N=C2C=CC=CC2C1=O)N1CCN(c2cccc(Cl)c2)CC1. The van der Waals surface area contributed by atoms with Crippen LogP contribution in [-0.4, -0.2) is 66.1 Å². The summed E-state index contributed by atoms with van der Waals surface area (Å²) in [6, 6.07) is 7.23. The first-order valence-corrected chi connectivity index (χ1v) is 11.0. The van der Waals surface area contributed by atoms with E-state index in [0.717, 1.165) is 18.8 Å². The van der Waals surface area contributed by atoms with Gasteiger partial charge in [-0.3, -0.25) is 14.5 Å². The minimum absolute atomic E-state index is 0.114. The van der Waals surface area contributed by atoms with Crippen LogP contribution in [0, 0.1) is 5.92 Å². The quantitative estimate of drug-likeness (QED) is 0.636. The van der Waals surface area contributed by atoms with E-state index in [0.29, 0.717) is 49.6 Å². The van der Waals surface area contributed by atoms with Gasteiger partial charge in [0.15, 0.2) is 0 Å². The zero-order valence-electron chi connectivity index (χ0n) is 17.2. The van der Waals surface area contributed by atoms with Crippen molar-refractivity contribution in [2.24, 2.45) is 10.9 Å². The Hall–Kier alpha value is -2.93. The zero-order valence-corrected chi connectivity index (χ0v) is 18.0. The number of carbonyl (C=O) groups is 3. The van der Waals surface area contributed by atoms with E-state index in [2.05, 4.69) is 9.89 Å². The number of imide groups is 1. The molecule has 0 N–H and O–H groups in total. The molecule has 4 rings (SSSR count). The van der Waals surface area contributed by atoms with Crippen LogP contribution in [0.5, 0.6) is 0 Å². The number of unbranched alkanes of at least 4 members (excludes halogenated alkanes) is 1. The van der Waals surface area contributed by atoms with Crippen molar-refractivity contribution in [3.63, 3.8) is 0 Å². The van der Waals surface area contributed by atoms with Gasteiger partial charge in [0, 0.05) is 49.9 Å². The predicted molar refractivity (Wildman–Crippen MR) is 120 cm³/mol. The third-order valence-corrected chi connectivity index (χ3v) is 6.05. The highest BCUT2D eigenvalue weighted by Gasteiger charge is 2.35. The fraction of sp³-hybridized carbons (Fsp3) is 0.391. The van der Waals surface area contributed by atoms with Gasteiger partial charge in [0.25, 0.3) is 0 Å². The highest BCUT2D eigenvalue weighted by atomic mass is 35.5. The Morgan fingerprint density at radius 1 is 1.10 bits per heavy atom. The number of benzene rings is 1. The van der Waals surface area contributed by atoms with Crippen molar-refractivity contribution in [2.75, 3.05) is 37.6 Å². The van der Waals surface area contributed by atoms with Crippen molar-refractivity contribution < 1.29 is 14.4 Å². The van der Waals surface area contributed by atoms with Gasteiger partial charge in [-0.05, 0) is 37.1 Å². The third kappa shape index (κ3) is 4.88. The summed E-state index contributed by atoms with van der Waals surface area (Å²) in [6.45, 7) is 3.18. The highest BCUT2D eigenvalue weighted by molar-refractivity contribution is 6.30. The second kappa shape index (κ2) is 9.47. The molecule has 4 amide bonds. The lowest BCUT2D eigenvalue weighted by molar-refractivity contribution is -0.131. The lowest BCUT2D eigenvalue weighted by atomic mass is 9.95. The molecule has 0 saturated carbocycles. The van der Waals surface area contributed by atoms with Crippen LogP contribution in [0.25, 0.3) is 0 Å². The number of carbonyl (C=O) groups excluding carboxylic acids is 3. The van der Waals surface area contributed by atoms with Crippen LogP contribution < -0.4 is 4.90 Å². The summed E-state index contributed by atoms with van der Waals surface area (Å²) in [5.74, 6) is -0.595. The second-order valence-corrected chi connectivity index (χ2v) is 8.27. The minimum Gasteiger partial charge on any atom is -0.368 e. The topological polar surface area (TPSA) is 73.3 Å². The maximum atomic E-state index is 12.6. The monoisotopic (exact) mass is 440 g/mol. The van der Waals surface area contributed by atoms with Gasteiger partial charge in [-0.1, -0.05) is 35.9 Å². The molecule has 1 unspecified atom stereocenters. The number of urea groups is 1. The molecule has 1 aromatic rings. The summed E-state index contributed by atoms with van der Waals surface area (Å²) in [7, 11) is 0. The summed E-state index contributed by atoms with van der Waals surface area (Å²) in [5.41, 5.74) is 1.57. The van der Waals surface area contributed by atoms with Crippen molar-refractivity contribution >= 4 is 40.8 Å². The second-order valence-electron chi connectivity index (χ2n) is 7.84. The van der Waals surface area contributed by atoms with Gasteiger partial charge < -0.3 is 9.80 Å². The Bertz CT molecular complexity index is 963. The first-order valence-electron chi connectivity index (χ1n) is 10.6. The molecule has 1 fully saturated rings. The van der Waals surface area contributed by atoms with E-state index in [1.165, 1.54) is 4.90 Å². The van der Waals surface area contributed by atoms with Crippen molar-refractivity contribution in [1.82, 2.24) is 9.80 Å². The van der Waals surface area contributed by atoms with Gasteiger partial charge >= 0.3 is 6.03 Å². The number of hydrogen-bond donors (Lipinski definition) is 0. The number of anilines is 1. The van der Waals surface area contributed by atoms with Crippen LogP contribution >= 0.6 is 11.6 Å². The molecular weight excluding hydrogens is 416 g/mol. The van der Waals surface area contributed by atoms with Crippen molar-refractivity contribution in [3.8, 4) is 0 Å². The summed E-state index contributed by atoms with van der Waals surface area (Å²) in [6.07, 6.45) is 8.64. The molecule has 2 aliphatic heterocycles. The molecule has 2 heterocycles. The molecule has 3 aliphatic rings. The Morgan fingerprint density at radius 3 is 2.68 bits per heavy atom. The highest BCUT2D eigenvalue weighted by Crippen LogP contribution is 2.22. The van der Waals surface area contributed by atoms with Gasteiger partial charge in [-0.15, -0.1) is 0 Å². The van der Waals surface area contributed by atoms with Crippen molar-refractivity contribution in [2.45, 2.75) is 19.3 Å². The smallest absolute Gasteiger partial charge is 0.350 e. The first-order chi connectivity index (χ1) is 15.0. The number of aliphatic imine (C=N–C) groups is 1. The fourth-order valence-corrected chi connectivity index (χ4v) is 4.26. The lowest BCUT2D eigenvalue weighted by Crippen LogP contribution is -2.48. The predicted octanol–water partition coefficient (Wildman–Crippen LogP) is 3.30. The number of allylic oxidation sites excluding steroid dienone is 3. The maximum absolute atomic E-state index is 12.6. The van der Waals surface area contributed by atoms with Crippen molar-refractivity contribution in [1.29, 1.82) is 0 Å². The molecule has 8 heteroatoms. The largest absolute Gasteiger partial charge is 0.368 e. The Morgan fingerprint density at radius 2 is 1.90 bits per heavy atom. The Kier molecular flexibility index (Phi) is 6.51. The molecule has 1 aromatic carbocycles. The van der Waals surface area contributed by atoms with Gasteiger partial charge in [0.05, 0.1) is 11.6 Å². The van der Waals surface area contributed by atoms with Gasteiger partial charge in [0.2, 0.25) is 11.8 Å². The molecule has 1 atom stereocenters. The van der Waals surface area contributed by atoms with Gasteiger partial charge in [0.1, 0.15) is 0 Å². The number of hydrogen-bond acceptors (Lipinski definition) is 4. The van der Waals surface area contributed by atoms with E-state index < -0.39 is 11.9 Å². The normalized spacial score (nSPS) is 20.7. The lowest BCUT2D eigenvalue weighted by Gasteiger charge is -2.36. The Labute approximate surface area is 186 Å². The van der Waals surface area contributed by atoms with Crippen LogP contribution in [-0.2, 0) is 9.59 Å². The molecule has 1 aliphatic carbocycles. The maximum Gasteiger partial charge on any atom is 0.350 e. The Balaban J connectivity index is 1.20. The van der Waals surface area contributed by atoms with Crippen LogP contribution in [0.2, 0.25) is 5.02 Å². The van der Waals surface area contributed by atoms with E-state index in [1.54, 1.807) is 24.3 Å². The van der Waals surface area contributed by atoms with Crippen molar-refractivity contribution in [3.05, 3.63) is 53.6 Å². The van der Waals surface area contributed by atoms with Gasteiger partial charge in [-0.25, -0.2) is 4.79 Å². The molecule has 1 saturated heterocycles. The molecule has 0 aromatic heterocycles. The summed E-state index contributed by atoms with van der Waals surface area (Å²) in [4.78, 5) is 46.6. The molecule has 162 valence electrons. The minimum atomic E-state index is -0.514. The van der Waals surface area contributed by atoms with Crippen LogP contribution in [0.1, 0.15) is 19.3 Å². The average molecular weight is 441 g/mol. The van der Waals surface area contributed by atoms with Crippen LogP contribution in [0.4, 0.5) is 10.5 Å². The number of fused-ring (bicyclic) bond motifs is 1. The number of piperazine rings is 1. The zero-order chi connectivity index (χ0) is 21.8. The van der Waals surface area contributed by atoms with E-state index in [1.807, 2.05) is 29.2 Å². The average Bonchev–Trinajstić information content (AvgIpc) is 2.78. The first kappa shape index (κ1) is 21.3. The molecular formula is C23H25ClN4O3. The van der Waals surface area contributed by atoms with E-state index in [4.69, 9.17) is 11.6 Å². The summed E-state index contributed by atoms with van der Waals surface area (Å²) in [5, 5.41) is 0.708. The van der Waals surface area contributed by atoms with Crippen LogP contribution in [0.3, 0.4) is 0 Å². The molecule has 0 bridgehead atoms. The number of rotatable bonds is 6. The van der Waals surface area contributed by atoms with E-state index >= 15 is 0 Å². The summed E-state index contributed by atoms with van der Waals surface area (Å²) >= 11 is 6.07. The number of nitrogens with zero attached hydrogens (tertiary/aromatic N) is 4. The third-order valence-electron chi connectivity index (χ3n) is 5.82. The molecule has 0 radical (unpaired) electrons. The van der Waals surface area contributed by atoms with E-state index in [9.17, 15) is 14.4 Å². The molecule has 31 heavy (non-hydrogen) atoms. The van der Waals surface area contributed by atoms with Crippen LogP contribution in [0.15, 0.2) is 53.6 Å².